The molecule has 2 rings (SSSR count). The minimum absolute atomic E-state index is 0. The van der Waals surface area contributed by atoms with E-state index in [1.165, 1.54) is 44.0 Å². The lowest BCUT2D eigenvalue weighted by molar-refractivity contribution is 0.289. The van der Waals surface area contributed by atoms with Gasteiger partial charge in [-0.05, 0) is 48.0 Å². The van der Waals surface area contributed by atoms with Crippen LogP contribution in [0.15, 0.2) is 18.3 Å². The van der Waals surface area contributed by atoms with Gasteiger partial charge in [0.25, 0.3) is 0 Å². The Bertz CT molecular complexity index is 361. The number of unbranched alkanes of at least 4 members (excludes halogenated alkanes) is 3. The number of nitrogens with zero attached hydrogens (tertiary/aromatic N) is 2. The van der Waals surface area contributed by atoms with Crippen LogP contribution < -0.4 is 4.74 Å². The molecule has 0 amide bonds. The van der Waals surface area contributed by atoms with E-state index in [9.17, 15) is 0 Å². The zero-order valence-corrected chi connectivity index (χ0v) is 15.4. The maximum atomic E-state index is 5.61. The third kappa shape index (κ3) is 7.33. The maximum Gasteiger partial charge on any atom is 0.213 e. The Morgan fingerprint density at radius 2 is 2.10 bits per heavy atom. The molecule has 3 nitrogen and oxygen atoms in total. The molecule has 6 heteroatoms. The molecule has 1 aliphatic rings. The van der Waals surface area contributed by atoms with Crippen molar-refractivity contribution < 1.29 is 4.74 Å². The second-order valence-corrected chi connectivity index (χ2v) is 7.05. The molecule has 0 spiro atoms. The van der Waals surface area contributed by atoms with Crippen LogP contribution in [-0.2, 0) is 0 Å². The number of pyridine rings is 1. The van der Waals surface area contributed by atoms with Gasteiger partial charge < -0.3 is 4.74 Å². The van der Waals surface area contributed by atoms with Gasteiger partial charge in [-0.25, -0.2) is 4.98 Å². The Morgan fingerprint density at radius 1 is 1.25 bits per heavy atom. The summed E-state index contributed by atoms with van der Waals surface area (Å²) in [5, 5.41) is 0. The monoisotopic (exact) mass is 428 g/mol. The summed E-state index contributed by atoms with van der Waals surface area (Å²) in [5.41, 5.74) is 0. The third-order valence-corrected chi connectivity index (χ3v) is 4.80. The lowest BCUT2D eigenvalue weighted by atomic mass is 10.2. The highest BCUT2D eigenvalue weighted by atomic mass is 127. The van der Waals surface area contributed by atoms with E-state index in [0.29, 0.717) is 0 Å². The molecular formula is C14H22ClIN2OS. The first-order chi connectivity index (χ1) is 9.34. The van der Waals surface area contributed by atoms with Crippen LogP contribution in [0.3, 0.4) is 0 Å². The van der Waals surface area contributed by atoms with Gasteiger partial charge in [-0.1, -0.05) is 12.8 Å². The SMILES string of the molecule is Cl.Ic1ccc(OCCCCCCN2CCSC2)nc1. The second kappa shape index (κ2) is 10.9. The highest BCUT2D eigenvalue weighted by molar-refractivity contribution is 14.1. The average Bonchev–Trinajstić information content (AvgIpc) is 2.93. The van der Waals surface area contributed by atoms with Crippen molar-refractivity contribution in [3.05, 3.63) is 21.9 Å². The highest BCUT2D eigenvalue weighted by Crippen LogP contribution is 2.14. The normalized spacial score (nSPS) is 15.1. The molecule has 0 atom stereocenters. The molecular weight excluding hydrogens is 407 g/mol. The first-order valence-corrected chi connectivity index (χ1v) is 9.12. The number of hydrogen-bond acceptors (Lipinski definition) is 4. The second-order valence-electron chi connectivity index (χ2n) is 4.73. The molecule has 1 aromatic heterocycles. The molecule has 0 N–H and O–H groups in total. The van der Waals surface area contributed by atoms with Gasteiger partial charge in [0.15, 0.2) is 0 Å². The van der Waals surface area contributed by atoms with Gasteiger partial charge >= 0.3 is 0 Å². The van der Waals surface area contributed by atoms with Crippen molar-refractivity contribution in [3.63, 3.8) is 0 Å². The van der Waals surface area contributed by atoms with Gasteiger partial charge in [-0.3, -0.25) is 4.90 Å². The molecule has 0 bridgehead atoms. The van der Waals surface area contributed by atoms with Crippen molar-refractivity contribution in [3.8, 4) is 5.88 Å². The number of rotatable bonds is 8. The number of ether oxygens (including phenoxy) is 1. The van der Waals surface area contributed by atoms with Crippen molar-refractivity contribution >= 4 is 46.8 Å². The summed E-state index contributed by atoms with van der Waals surface area (Å²) in [6, 6.07) is 3.96. The zero-order chi connectivity index (χ0) is 13.3. The first kappa shape index (κ1) is 18.3. The molecule has 2 heterocycles. The predicted molar refractivity (Wildman–Crippen MR) is 97.1 cm³/mol. The van der Waals surface area contributed by atoms with Gasteiger partial charge in [0, 0.05) is 34.0 Å². The Morgan fingerprint density at radius 3 is 2.80 bits per heavy atom. The lowest BCUT2D eigenvalue weighted by Crippen LogP contribution is -2.20. The van der Waals surface area contributed by atoms with Crippen molar-refractivity contribution in [1.82, 2.24) is 9.88 Å². The van der Waals surface area contributed by atoms with E-state index < -0.39 is 0 Å². The predicted octanol–water partition coefficient (Wildman–Crippen LogP) is 4.05. The average molecular weight is 429 g/mol. The van der Waals surface area contributed by atoms with Crippen molar-refractivity contribution in [2.24, 2.45) is 0 Å². The van der Waals surface area contributed by atoms with E-state index in [1.807, 2.05) is 18.3 Å². The van der Waals surface area contributed by atoms with E-state index >= 15 is 0 Å². The molecule has 114 valence electrons. The molecule has 0 aromatic carbocycles. The van der Waals surface area contributed by atoms with Crippen molar-refractivity contribution in [2.45, 2.75) is 25.7 Å². The van der Waals surface area contributed by atoms with Crippen molar-refractivity contribution in [1.29, 1.82) is 0 Å². The molecule has 1 saturated heterocycles. The van der Waals surface area contributed by atoms with Crippen LogP contribution in [0.4, 0.5) is 0 Å². The Labute approximate surface area is 145 Å². The fourth-order valence-electron chi connectivity index (χ4n) is 2.04. The van der Waals surface area contributed by atoms with E-state index in [0.717, 1.165) is 22.5 Å². The third-order valence-electron chi connectivity index (χ3n) is 3.14. The van der Waals surface area contributed by atoms with Crippen LogP contribution >= 0.6 is 46.8 Å². The molecule has 20 heavy (non-hydrogen) atoms. The van der Waals surface area contributed by atoms with Gasteiger partial charge in [-0.15, -0.1) is 24.2 Å². The molecule has 1 fully saturated rings. The fraction of sp³-hybridized carbons (Fsp3) is 0.643. The molecule has 0 unspecified atom stereocenters. The van der Waals surface area contributed by atoms with E-state index in [1.54, 1.807) is 0 Å². The smallest absolute Gasteiger partial charge is 0.213 e. The molecule has 1 aliphatic heterocycles. The Kier molecular flexibility index (Phi) is 10.0. The molecule has 1 aromatic rings. The topological polar surface area (TPSA) is 25.4 Å². The molecule has 0 aliphatic carbocycles. The van der Waals surface area contributed by atoms with Crippen LogP contribution in [0.2, 0.25) is 0 Å². The summed E-state index contributed by atoms with van der Waals surface area (Å²) in [6.07, 6.45) is 6.85. The van der Waals surface area contributed by atoms with E-state index in [4.69, 9.17) is 4.74 Å². The van der Waals surface area contributed by atoms with Crippen molar-refractivity contribution in [2.75, 3.05) is 31.3 Å². The van der Waals surface area contributed by atoms with E-state index in [2.05, 4.69) is 44.2 Å². The number of hydrogen-bond donors (Lipinski definition) is 0. The molecule has 0 saturated carbocycles. The lowest BCUT2D eigenvalue weighted by Gasteiger charge is -2.12. The fourth-order valence-corrected chi connectivity index (χ4v) is 3.40. The standard InChI is InChI=1S/C14H21IN2OS.ClH/c15-13-5-6-14(16-11-13)18-9-4-2-1-3-7-17-8-10-19-12-17;/h5-6,11H,1-4,7-10,12H2;1H. The maximum absolute atomic E-state index is 5.61. The van der Waals surface area contributed by atoms with Gasteiger partial charge in [0.1, 0.15) is 0 Å². The quantitative estimate of drug-likeness (QED) is 0.461. The minimum Gasteiger partial charge on any atom is -0.478 e. The van der Waals surface area contributed by atoms with E-state index in [-0.39, 0.29) is 12.4 Å². The number of aromatic nitrogens is 1. The summed E-state index contributed by atoms with van der Waals surface area (Å²) in [5.74, 6) is 3.30. The zero-order valence-electron chi connectivity index (χ0n) is 11.6. The van der Waals surface area contributed by atoms with Crippen LogP contribution in [0.1, 0.15) is 25.7 Å². The minimum atomic E-state index is 0. The Hall–Kier alpha value is 0.280. The van der Waals surface area contributed by atoms with Crippen LogP contribution in [0, 0.1) is 3.57 Å². The van der Waals surface area contributed by atoms with Gasteiger partial charge in [-0.2, -0.15) is 0 Å². The number of halogens is 2. The summed E-state index contributed by atoms with van der Waals surface area (Å²) in [6.45, 7) is 3.34. The highest BCUT2D eigenvalue weighted by Gasteiger charge is 2.10. The summed E-state index contributed by atoms with van der Waals surface area (Å²) < 4.78 is 6.76. The summed E-state index contributed by atoms with van der Waals surface area (Å²) >= 11 is 4.30. The number of thioether (sulfide) groups is 1. The van der Waals surface area contributed by atoms with Crippen LogP contribution in [-0.4, -0.2) is 41.2 Å². The first-order valence-electron chi connectivity index (χ1n) is 6.89. The van der Waals surface area contributed by atoms with Gasteiger partial charge in [0.05, 0.1) is 6.61 Å². The molecule has 0 radical (unpaired) electrons. The summed E-state index contributed by atoms with van der Waals surface area (Å²) in [4.78, 5) is 6.78. The van der Waals surface area contributed by atoms with Crippen LogP contribution in [0.25, 0.3) is 0 Å². The summed E-state index contributed by atoms with van der Waals surface area (Å²) in [7, 11) is 0. The largest absolute Gasteiger partial charge is 0.478 e. The Balaban J connectivity index is 0.00000200. The van der Waals surface area contributed by atoms with Crippen LogP contribution in [0.5, 0.6) is 5.88 Å². The van der Waals surface area contributed by atoms with Gasteiger partial charge in [0.2, 0.25) is 5.88 Å².